The Hall–Kier alpha value is -3.92. The molecule has 148 valence electrons. The molecule has 1 N–H and O–H groups in total. The first-order valence-corrected chi connectivity index (χ1v) is 9.83. The predicted molar refractivity (Wildman–Crippen MR) is 118 cm³/mol. The summed E-state index contributed by atoms with van der Waals surface area (Å²) in [5, 5.41) is 2.96. The molecule has 0 aliphatic heterocycles. The zero-order valence-electron chi connectivity index (χ0n) is 16.5. The highest BCUT2D eigenvalue weighted by Gasteiger charge is 2.06. The topological polar surface area (TPSA) is 51.2 Å². The van der Waals surface area contributed by atoms with E-state index in [0.29, 0.717) is 18.7 Å². The van der Waals surface area contributed by atoms with Crippen LogP contribution in [0.4, 0.5) is 0 Å². The maximum atomic E-state index is 12.4. The molecule has 30 heavy (non-hydrogen) atoms. The molecule has 4 heteroatoms. The van der Waals surface area contributed by atoms with Crippen molar-refractivity contribution in [1.29, 1.82) is 0 Å². The molecule has 0 unspecified atom stereocenters. The Morgan fingerprint density at radius 1 is 0.767 bits per heavy atom. The van der Waals surface area contributed by atoms with Crippen LogP contribution in [0.3, 0.4) is 0 Å². The summed E-state index contributed by atoms with van der Waals surface area (Å²) in [5.41, 5.74) is 4.76. The van der Waals surface area contributed by atoms with Crippen LogP contribution in [0.5, 0.6) is 5.75 Å². The first kappa shape index (κ1) is 19.4. The average Bonchev–Trinajstić information content (AvgIpc) is 2.83. The average molecular weight is 394 g/mol. The molecule has 1 heterocycles. The fourth-order valence-electron chi connectivity index (χ4n) is 3.07. The number of hydrogen-bond donors (Lipinski definition) is 1. The van der Waals surface area contributed by atoms with Gasteiger partial charge in [-0.2, -0.15) is 0 Å². The maximum absolute atomic E-state index is 12.4. The molecule has 4 nitrogen and oxygen atoms in total. The van der Waals surface area contributed by atoms with Gasteiger partial charge in [0, 0.05) is 18.3 Å². The molecular formula is C26H22N2O2. The molecule has 1 amide bonds. The number of aromatic nitrogens is 1. The zero-order valence-corrected chi connectivity index (χ0v) is 16.5. The summed E-state index contributed by atoms with van der Waals surface area (Å²) >= 11 is 0. The van der Waals surface area contributed by atoms with Crippen molar-refractivity contribution in [3.8, 4) is 16.9 Å². The standard InChI is InChI=1S/C26H22N2O2/c29-26(23-13-11-22(12-14-23)21-6-2-1-3-7-21)28-18-20-9-15-25(16-10-20)30-19-24-8-4-5-17-27-24/h1-17H,18-19H2,(H,28,29). The van der Waals surface area contributed by atoms with E-state index in [1.807, 2.05) is 84.9 Å². The predicted octanol–water partition coefficient (Wildman–Crippen LogP) is 5.26. The Morgan fingerprint density at radius 3 is 2.17 bits per heavy atom. The normalized spacial score (nSPS) is 10.4. The Kier molecular flexibility index (Phi) is 6.16. The first-order chi connectivity index (χ1) is 14.8. The van der Waals surface area contributed by atoms with E-state index in [9.17, 15) is 4.79 Å². The molecule has 0 saturated heterocycles. The number of nitrogens with one attached hydrogen (secondary N) is 1. The molecule has 1 aromatic heterocycles. The van der Waals surface area contributed by atoms with Crippen molar-refractivity contribution in [3.05, 3.63) is 120 Å². The summed E-state index contributed by atoms with van der Waals surface area (Å²) in [4.78, 5) is 16.7. The van der Waals surface area contributed by atoms with Gasteiger partial charge in [-0.05, 0) is 53.1 Å². The van der Waals surface area contributed by atoms with Gasteiger partial charge in [0.25, 0.3) is 5.91 Å². The highest BCUT2D eigenvalue weighted by atomic mass is 16.5. The summed E-state index contributed by atoms with van der Waals surface area (Å²) in [6.07, 6.45) is 1.75. The lowest BCUT2D eigenvalue weighted by atomic mass is 10.0. The second-order valence-corrected chi connectivity index (χ2v) is 6.88. The SMILES string of the molecule is O=C(NCc1ccc(OCc2ccccn2)cc1)c1ccc(-c2ccccc2)cc1. The Balaban J connectivity index is 1.29. The highest BCUT2D eigenvalue weighted by molar-refractivity contribution is 5.94. The largest absolute Gasteiger partial charge is 0.487 e. The fourth-order valence-corrected chi connectivity index (χ4v) is 3.07. The molecule has 4 rings (SSSR count). The molecule has 0 bridgehead atoms. The lowest BCUT2D eigenvalue weighted by Gasteiger charge is -2.09. The van der Waals surface area contributed by atoms with Crippen LogP contribution in [0.25, 0.3) is 11.1 Å². The molecule has 0 atom stereocenters. The van der Waals surface area contributed by atoms with Crippen LogP contribution < -0.4 is 10.1 Å². The Bertz CT molecular complexity index is 1080. The van der Waals surface area contributed by atoms with Crippen molar-refractivity contribution in [2.24, 2.45) is 0 Å². The quantitative estimate of drug-likeness (QED) is 0.465. The van der Waals surface area contributed by atoms with Crippen LogP contribution in [0.15, 0.2) is 103 Å². The number of hydrogen-bond acceptors (Lipinski definition) is 3. The molecule has 0 saturated carbocycles. The molecule has 0 spiro atoms. The van der Waals surface area contributed by atoms with E-state index in [1.54, 1.807) is 6.20 Å². The van der Waals surface area contributed by atoms with Gasteiger partial charge in [0.05, 0.1) is 5.69 Å². The number of pyridine rings is 1. The Morgan fingerprint density at radius 2 is 1.47 bits per heavy atom. The maximum Gasteiger partial charge on any atom is 0.251 e. The van der Waals surface area contributed by atoms with Crippen molar-refractivity contribution in [1.82, 2.24) is 10.3 Å². The van der Waals surface area contributed by atoms with Crippen LogP contribution in [0.1, 0.15) is 21.6 Å². The minimum atomic E-state index is -0.0925. The number of ether oxygens (including phenoxy) is 1. The second kappa shape index (κ2) is 9.52. The van der Waals surface area contributed by atoms with E-state index < -0.39 is 0 Å². The number of carbonyl (C=O) groups is 1. The minimum Gasteiger partial charge on any atom is -0.487 e. The van der Waals surface area contributed by atoms with Crippen LogP contribution >= 0.6 is 0 Å². The van der Waals surface area contributed by atoms with Gasteiger partial charge in [-0.3, -0.25) is 9.78 Å². The van der Waals surface area contributed by atoms with Crippen molar-refractivity contribution < 1.29 is 9.53 Å². The first-order valence-electron chi connectivity index (χ1n) is 9.83. The fraction of sp³-hybridized carbons (Fsp3) is 0.0769. The van der Waals surface area contributed by atoms with E-state index in [1.165, 1.54) is 0 Å². The lowest BCUT2D eigenvalue weighted by Crippen LogP contribution is -2.22. The zero-order chi connectivity index (χ0) is 20.6. The number of rotatable bonds is 7. The molecule has 0 fully saturated rings. The summed E-state index contributed by atoms with van der Waals surface area (Å²) in [6, 6.07) is 31.2. The number of amides is 1. The van der Waals surface area contributed by atoms with Gasteiger partial charge in [-0.1, -0.05) is 60.7 Å². The van der Waals surface area contributed by atoms with Crippen molar-refractivity contribution >= 4 is 5.91 Å². The summed E-state index contributed by atoms with van der Waals surface area (Å²) in [7, 11) is 0. The van der Waals surface area contributed by atoms with Crippen molar-refractivity contribution in [2.45, 2.75) is 13.2 Å². The van der Waals surface area contributed by atoms with Crippen molar-refractivity contribution in [2.75, 3.05) is 0 Å². The lowest BCUT2D eigenvalue weighted by molar-refractivity contribution is 0.0951. The van der Waals surface area contributed by atoms with E-state index in [2.05, 4.69) is 22.4 Å². The molecule has 4 aromatic rings. The molecular weight excluding hydrogens is 372 g/mol. The summed E-state index contributed by atoms with van der Waals surface area (Å²) < 4.78 is 5.74. The van der Waals surface area contributed by atoms with E-state index in [4.69, 9.17) is 4.74 Å². The molecule has 0 aliphatic rings. The monoisotopic (exact) mass is 394 g/mol. The van der Waals surface area contributed by atoms with Gasteiger partial charge in [0.15, 0.2) is 0 Å². The van der Waals surface area contributed by atoms with Gasteiger partial charge in [0.2, 0.25) is 0 Å². The van der Waals surface area contributed by atoms with Gasteiger partial charge < -0.3 is 10.1 Å². The number of carbonyl (C=O) groups excluding carboxylic acids is 1. The third-order valence-corrected chi connectivity index (χ3v) is 4.74. The van der Waals surface area contributed by atoms with E-state index >= 15 is 0 Å². The second-order valence-electron chi connectivity index (χ2n) is 6.88. The number of benzene rings is 3. The number of nitrogens with zero attached hydrogens (tertiary/aromatic N) is 1. The summed E-state index contributed by atoms with van der Waals surface area (Å²) in [6.45, 7) is 0.885. The minimum absolute atomic E-state index is 0.0925. The van der Waals surface area contributed by atoms with Crippen LogP contribution in [-0.4, -0.2) is 10.9 Å². The Labute approximate surface area is 176 Å². The van der Waals surface area contributed by atoms with E-state index in [0.717, 1.165) is 28.1 Å². The summed E-state index contributed by atoms with van der Waals surface area (Å²) in [5.74, 6) is 0.678. The van der Waals surface area contributed by atoms with Crippen molar-refractivity contribution in [3.63, 3.8) is 0 Å². The molecule has 3 aromatic carbocycles. The van der Waals surface area contributed by atoms with Crippen LogP contribution in [-0.2, 0) is 13.2 Å². The molecule has 0 radical (unpaired) electrons. The van der Waals surface area contributed by atoms with Gasteiger partial charge in [-0.15, -0.1) is 0 Å². The van der Waals surface area contributed by atoms with Gasteiger partial charge in [0.1, 0.15) is 12.4 Å². The van der Waals surface area contributed by atoms with Gasteiger partial charge >= 0.3 is 0 Å². The van der Waals surface area contributed by atoms with Gasteiger partial charge in [-0.25, -0.2) is 0 Å². The smallest absolute Gasteiger partial charge is 0.251 e. The van der Waals surface area contributed by atoms with Crippen LogP contribution in [0.2, 0.25) is 0 Å². The van der Waals surface area contributed by atoms with Crippen LogP contribution in [0, 0.1) is 0 Å². The highest BCUT2D eigenvalue weighted by Crippen LogP contribution is 2.19. The third kappa shape index (κ3) is 5.11. The third-order valence-electron chi connectivity index (χ3n) is 4.74. The van der Waals surface area contributed by atoms with E-state index in [-0.39, 0.29) is 5.91 Å². The molecule has 0 aliphatic carbocycles.